The number of hydrogen-bond donors (Lipinski definition) is 2. The van der Waals surface area contributed by atoms with Crippen LogP contribution in [0, 0.1) is 6.92 Å². The van der Waals surface area contributed by atoms with E-state index in [1.807, 2.05) is 37.3 Å². The molecule has 0 atom stereocenters. The van der Waals surface area contributed by atoms with Gasteiger partial charge in [-0.25, -0.2) is 9.97 Å². The minimum atomic E-state index is -0.170. The molecular weight excluding hydrogens is 500 g/mol. The quantitative estimate of drug-likeness (QED) is 0.239. The molecule has 36 heavy (non-hydrogen) atoms. The summed E-state index contributed by atoms with van der Waals surface area (Å²) in [4.78, 5) is 25.9. The number of rotatable bonds is 9. The smallest absolute Gasteiger partial charge is 0.227 e. The minimum Gasteiger partial charge on any atom is -0.492 e. The number of benzene rings is 2. The number of ether oxygens (including phenoxy) is 1. The number of anilines is 2. The largest absolute Gasteiger partial charge is 0.492 e. The Labute approximate surface area is 215 Å². The zero-order chi connectivity index (χ0) is 25.1. The van der Waals surface area contributed by atoms with Gasteiger partial charge >= 0.3 is 0 Å². The van der Waals surface area contributed by atoms with Crippen LogP contribution in [0.4, 0.5) is 10.9 Å². The third-order valence-corrected chi connectivity index (χ3v) is 6.65. The molecule has 3 heterocycles. The van der Waals surface area contributed by atoms with E-state index in [1.165, 1.54) is 11.3 Å². The van der Waals surface area contributed by atoms with Crippen LogP contribution in [0.5, 0.6) is 5.75 Å². The Morgan fingerprint density at radius 2 is 2.08 bits per heavy atom. The van der Waals surface area contributed by atoms with Crippen molar-refractivity contribution >= 4 is 60.8 Å². The molecule has 0 fully saturated rings. The molecule has 2 aromatic carbocycles. The number of nitrogens with one attached hydrogen (secondary N) is 2. The van der Waals surface area contributed by atoms with Crippen LogP contribution >= 0.6 is 22.9 Å². The molecule has 0 aliphatic carbocycles. The van der Waals surface area contributed by atoms with Gasteiger partial charge in [0.15, 0.2) is 5.13 Å². The van der Waals surface area contributed by atoms with E-state index in [0.29, 0.717) is 52.1 Å². The first-order valence-electron chi connectivity index (χ1n) is 11.5. The van der Waals surface area contributed by atoms with Gasteiger partial charge in [0.1, 0.15) is 17.1 Å². The molecule has 2 N–H and O–H groups in total. The summed E-state index contributed by atoms with van der Waals surface area (Å²) >= 11 is 7.65. The van der Waals surface area contributed by atoms with E-state index in [-0.39, 0.29) is 12.3 Å². The maximum absolute atomic E-state index is 12.6. The van der Waals surface area contributed by atoms with Gasteiger partial charge in [-0.15, -0.1) is 0 Å². The summed E-state index contributed by atoms with van der Waals surface area (Å²) in [7, 11) is 0. The van der Waals surface area contributed by atoms with Gasteiger partial charge in [0.05, 0.1) is 16.3 Å². The van der Waals surface area contributed by atoms with Crippen molar-refractivity contribution in [2.24, 2.45) is 0 Å². The third-order valence-electron chi connectivity index (χ3n) is 5.36. The number of aryl methyl sites for hydroxylation is 1. The van der Waals surface area contributed by atoms with Gasteiger partial charge in [0.2, 0.25) is 17.6 Å². The van der Waals surface area contributed by atoms with Gasteiger partial charge in [-0.1, -0.05) is 47.2 Å². The van der Waals surface area contributed by atoms with E-state index in [0.717, 1.165) is 27.5 Å². The second-order valence-corrected chi connectivity index (χ2v) is 9.45. The van der Waals surface area contributed by atoms with E-state index in [2.05, 4.69) is 30.7 Å². The molecule has 0 aliphatic heterocycles. The minimum absolute atomic E-state index is 0.170. The summed E-state index contributed by atoms with van der Waals surface area (Å²) in [5.41, 5.74) is 1.45. The number of thiazole rings is 1. The van der Waals surface area contributed by atoms with Crippen LogP contribution in [-0.2, 0) is 4.79 Å². The number of hydrogen-bond acceptors (Lipinski definition) is 9. The van der Waals surface area contributed by atoms with Crippen LogP contribution in [0.25, 0.3) is 32.4 Å². The lowest BCUT2D eigenvalue weighted by molar-refractivity contribution is -0.115. The van der Waals surface area contributed by atoms with E-state index in [4.69, 9.17) is 20.9 Å². The monoisotopic (exact) mass is 522 g/mol. The molecule has 1 amide bonds. The van der Waals surface area contributed by atoms with Crippen LogP contribution in [0.3, 0.4) is 0 Å². The number of amides is 1. The summed E-state index contributed by atoms with van der Waals surface area (Å²) in [6.45, 7) is 4.78. The lowest BCUT2D eigenvalue weighted by Gasteiger charge is -2.09. The first-order chi connectivity index (χ1) is 17.5. The number of aromatic nitrogens is 4. The first kappa shape index (κ1) is 24.0. The fourth-order valence-corrected chi connectivity index (χ4v) is 4.90. The number of nitrogens with zero attached hydrogens (tertiary/aromatic N) is 4. The zero-order valence-electron chi connectivity index (χ0n) is 19.7. The highest BCUT2D eigenvalue weighted by Crippen LogP contribution is 2.38. The van der Waals surface area contributed by atoms with E-state index in [9.17, 15) is 4.79 Å². The highest BCUT2D eigenvalue weighted by molar-refractivity contribution is 7.22. The number of fused-ring (bicyclic) bond motifs is 2. The van der Waals surface area contributed by atoms with E-state index >= 15 is 0 Å². The summed E-state index contributed by atoms with van der Waals surface area (Å²) in [5, 5.41) is 13.0. The summed E-state index contributed by atoms with van der Waals surface area (Å²) in [6, 6.07) is 11.4. The molecule has 0 aliphatic rings. The van der Waals surface area contributed by atoms with E-state index in [1.54, 1.807) is 19.2 Å². The van der Waals surface area contributed by atoms with Crippen LogP contribution < -0.4 is 15.4 Å². The molecule has 184 valence electrons. The van der Waals surface area contributed by atoms with Gasteiger partial charge in [-0.05, 0) is 36.1 Å². The number of carbonyl (C=O) groups is 1. The van der Waals surface area contributed by atoms with Crippen molar-refractivity contribution in [2.75, 3.05) is 23.8 Å². The lowest BCUT2D eigenvalue weighted by Crippen LogP contribution is -2.16. The molecule has 0 saturated carbocycles. The Morgan fingerprint density at radius 3 is 2.89 bits per heavy atom. The van der Waals surface area contributed by atoms with Crippen molar-refractivity contribution in [3.8, 4) is 17.1 Å². The maximum atomic E-state index is 12.6. The predicted octanol–water partition coefficient (Wildman–Crippen LogP) is 6.09. The Kier molecular flexibility index (Phi) is 6.97. The molecule has 5 aromatic rings. The van der Waals surface area contributed by atoms with Crippen LogP contribution in [0.15, 0.2) is 47.1 Å². The molecular formula is C25H23ClN6O3S. The average molecular weight is 523 g/mol. The summed E-state index contributed by atoms with van der Waals surface area (Å²) in [6.07, 6.45) is 2.85. The van der Waals surface area contributed by atoms with Crippen molar-refractivity contribution < 1.29 is 14.1 Å². The van der Waals surface area contributed by atoms with Crippen molar-refractivity contribution in [1.29, 1.82) is 0 Å². The Morgan fingerprint density at radius 1 is 1.19 bits per heavy atom. The Bertz CT molecular complexity index is 1550. The molecule has 0 saturated heterocycles. The highest BCUT2D eigenvalue weighted by Gasteiger charge is 2.15. The predicted molar refractivity (Wildman–Crippen MR) is 142 cm³/mol. The molecule has 11 heteroatoms. The standard InChI is InChI=1S/C25H23ClN6O3S/c1-3-12-34-19-7-6-18(26)21-22(19)36-25(31-21)30-20(33)9-11-28-24-17-13-16(23-29-14(2)35-32-23)5-4-15(17)8-10-27-24/h4-8,10,13H,3,9,11-12H2,1-2H3,(H,27,28)(H,30,31,33). The molecule has 0 unspecified atom stereocenters. The SMILES string of the molecule is CCCOc1ccc(Cl)c2nc(NC(=O)CCNc3nccc4ccc(-c5noc(C)n5)cc34)sc12. The highest BCUT2D eigenvalue weighted by atomic mass is 35.5. The number of halogens is 1. The maximum Gasteiger partial charge on any atom is 0.227 e. The van der Waals surface area contributed by atoms with Gasteiger partial charge in [0.25, 0.3) is 0 Å². The van der Waals surface area contributed by atoms with Gasteiger partial charge in [-0.3, -0.25) is 4.79 Å². The van der Waals surface area contributed by atoms with Crippen molar-refractivity contribution in [3.63, 3.8) is 0 Å². The second kappa shape index (κ2) is 10.5. The van der Waals surface area contributed by atoms with Crippen LogP contribution in [-0.4, -0.2) is 39.2 Å². The van der Waals surface area contributed by atoms with E-state index < -0.39 is 0 Å². The molecule has 5 rings (SSSR count). The molecule has 0 bridgehead atoms. The third kappa shape index (κ3) is 5.09. The second-order valence-electron chi connectivity index (χ2n) is 8.05. The van der Waals surface area contributed by atoms with Crippen molar-refractivity contribution in [2.45, 2.75) is 26.7 Å². The topological polar surface area (TPSA) is 115 Å². The van der Waals surface area contributed by atoms with Gasteiger partial charge in [0, 0.05) is 37.0 Å². The fraction of sp³-hybridized carbons (Fsp3) is 0.240. The Balaban J connectivity index is 1.26. The first-order valence-corrected chi connectivity index (χ1v) is 12.7. The van der Waals surface area contributed by atoms with Gasteiger partial charge < -0.3 is 19.9 Å². The van der Waals surface area contributed by atoms with Crippen LogP contribution in [0.2, 0.25) is 5.02 Å². The summed E-state index contributed by atoms with van der Waals surface area (Å²) < 4.78 is 11.7. The molecule has 0 radical (unpaired) electrons. The zero-order valence-corrected chi connectivity index (χ0v) is 21.2. The molecule has 0 spiro atoms. The van der Waals surface area contributed by atoms with Crippen molar-refractivity contribution in [1.82, 2.24) is 20.1 Å². The van der Waals surface area contributed by atoms with Gasteiger partial charge in [-0.2, -0.15) is 4.98 Å². The molecule has 3 aromatic heterocycles. The number of carbonyl (C=O) groups excluding carboxylic acids is 1. The fourth-order valence-electron chi connectivity index (χ4n) is 3.67. The number of pyridine rings is 1. The van der Waals surface area contributed by atoms with Crippen molar-refractivity contribution in [3.05, 3.63) is 53.5 Å². The van der Waals surface area contributed by atoms with Crippen LogP contribution in [0.1, 0.15) is 25.7 Å². The molecule has 9 nitrogen and oxygen atoms in total. The summed E-state index contributed by atoms with van der Waals surface area (Å²) in [5.74, 6) is 2.24. The Hall–Kier alpha value is -3.76. The normalized spacial score (nSPS) is 11.2. The lowest BCUT2D eigenvalue weighted by atomic mass is 10.1. The average Bonchev–Trinajstić information content (AvgIpc) is 3.50.